The van der Waals surface area contributed by atoms with Crippen molar-refractivity contribution in [3.63, 3.8) is 0 Å². The van der Waals surface area contributed by atoms with Gasteiger partial charge in [0.25, 0.3) is 0 Å². The first-order valence-corrected chi connectivity index (χ1v) is 11.9. The second kappa shape index (κ2) is 11.0. The van der Waals surface area contributed by atoms with E-state index < -0.39 is 23.5 Å². The van der Waals surface area contributed by atoms with E-state index in [1.807, 2.05) is 13.0 Å². The van der Waals surface area contributed by atoms with Crippen LogP contribution in [-0.4, -0.2) is 26.1 Å². The van der Waals surface area contributed by atoms with Gasteiger partial charge < -0.3 is 5.11 Å². The van der Waals surface area contributed by atoms with Crippen molar-refractivity contribution in [1.29, 1.82) is 0 Å². The van der Waals surface area contributed by atoms with Crippen LogP contribution in [0.2, 0.25) is 0 Å². The SMILES string of the molecule is CCCCc1c(F)n(C(=O)Cc2ccccc2)c(=O)n1Cc1ccc(-c2ccccc2C(=O)O)cc1. The van der Waals surface area contributed by atoms with E-state index in [0.717, 1.165) is 17.5 Å². The number of halogens is 1. The molecule has 0 bridgehead atoms. The molecule has 1 heterocycles. The quantitative estimate of drug-likeness (QED) is 0.342. The predicted molar refractivity (Wildman–Crippen MR) is 136 cm³/mol. The Morgan fingerprint density at radius 2 is 1.56 bits per heavy atom. The Morgan fingerprint density at radius 1 is 0.889 bits per heavy atom. The fourth-order valence-electron chi connectivity index (χ4n) is 4.27. The van der Waals surface area contributed by atoms with Gasteiger partial charge in [-0.1, -0.05) is 86.1 Å². The van der Waals surface area contributed by atoms with Crippen molar-refractivity contribution < 1.29 is 19.1 Å². The summed E-state index contributed by atoms with van der Waals surface area (Å²) in [7, 11) is 0. The lowest BCUT2D eigenvalue weighted by molar-refractivity contribution is 0.0697. The summed E-state index contributed by atoms with van der Waals surface area (Å²) in [6, 6.07) is 22.8. The third-order valence-electron chi connectivity index (χ3n) is 6.16. The van der Waals surface area contributed by atoms with Gasteiger partial charge in [-0.2, -0.15) is 4.39 Å². The molecule has 184 valence electrons. The van der Waals surface area contributed by atoms with E-state index in [1.54, 1.807) is 72.8 Å². The van der Waals surface area contributed by atoms with Crippen LogP contribution in [0.1, 0.15) is 51.7 Å². The maximum Gasteiger partial charge on any atom is 0.337 e. The molecule has 7 heteroatoms. The molecule has 0 fully saturated rings. The molecular weight excluding hydrogens is 459 g/mol. The van der Waals surface area contributed by atoms with Crippen molar-refractivity contribution in [3.8, 4) is 11.1 Å². The highest BCUT2D eigenvalue weighted by molar-refractivity contribution is 5.96. The predicted octanol–water partition coefficient (Wildman–Crippen LogP) is 5.43. The van der Waals surface area contributed by atoms with Crippen molar-refractivity contribution in [2.45, 2.75) is 39.2 Å². The highest BCUT2D eigenvalue weighted by atomic mass is 19.1. The number of carboxylic acids is 1. The standard InChI is InChI=1S/C29H27FN2O4/c1-2-3-13-25-27(30)32(26(33)18-20-9-5-4-6-10-20)29(36)31(25)19-21-14-16-22(17-15-21)23-11-7-8-12-24(23)28(34)35/h4-12,14-17H,2-3,13,18-19H2,1H3,(H,34,35). The van der Waals surface area contributed by atoms with Crippen LogP contribution in [0.15, 0.2) is 83.7 Å². The van der Waals surface area contributed by atoms with Crippen LogP contribution >= 0.6 is 0 Å². The molecule has 0 saturated heterocycles. The first kappa shape index (κ1) is 24.9. The molecule has 0 aliphatic carbocycles. The molecule has 0 aliphatic heterocycles. The van der Waals surface area contributed by atoms with Gasteiger partial charge in [-0.05, 0) is 41.2 Å². The van der Waals surface area contributed by atoms with E-state index in [2.05, 4.69) is 0 Å². The summed E-state index contributed by atoms with van der Waals surface area (Å²) in [4.78, 5) is 37.7. The third-order valence-corrected chi connectivity index (χ3v) is 6.16. The number of aromatic carboxylic acids is 1. The number of hydrogen-bond donors (Lipinski definition) is 1. The van der Waals surface area contributed by atoms with Gasteiger partial charge in [0.05, 0.1) is 24.2 Å². The number of rotatable bonds is 9. The van der Waals surface area contributed by atoms with Gasteiger partial charge >= 0.3 is 11.7 Å². The Morgan fingerprint density at radius 3 is 2.22 bits per heavy atom. The Bertz CT molecular complexity index is 1440. The topological polar surface area (TPSA) is 81.3 Å². The Labute approximate surface area is 208 Å². The summed E-state index contributed by atoms with van der Waals surface area (Å²) < 4.78 is 17.4. The fourth-order valence-corrected chi connectivity index (χ4v) is 4.27. The van der Waals surface area contributed by atoms with E-state index in [-0.39, 0.29) is 24.2 Å². The second-order valence-corrected chi connectivity index (χ2v) is 8.65. The lowest BCUT2D eigenvalue weighted by Crippen LogP contribution is -2.31. The van der Waals surface area contributed by atoms with Crippen molar-refractivity contribution in [1.82, 2.24) is 9.13 Å². The van der Waals surface area contributed by atoms with Gasteiger partial charge in [-0.25, -0.2) is 14.2 Å². The minimum absolute atomic E-state index is 0.0768. The van der Waals surface area contributed by atoms with Crippen molar-refractivity contribution in [2.24, 2.45) is 0 Å². The molecule has 4 rings (SSSR count). The molecular formula is C29H27FN2O4. The summed E-state index contributed by atoms with van der Waals surface area (Å²) in [6.07, 6.45) is 1.76. The molecule has 3 aromatic carbocycles. The summed E-state index contributed by atoms with van der Waals surface area (Å²) in [5.74, 6) is -2.43. The highest BCUT2D eigenvalue weighted by Gasteiger charge is 2.24. The fraction of sp³-hybridized carbons (Fsp3) is 0.207. The Balaban J connectivity index is 1.66. The number of hydrogen-bond acceptors (Lipinski definition) is 3. The average molecular weight is 487 g/mol. The van der Waals surface area contributed by atoms with Crippen molar-refractivity contribution in [2.75, 3.05) is 0 Å². The molecule has 0 spiro atoms. The molecule has 0 aliphatic rings. The van der Waals surface area contributed by atoms with Crippen LogP contribution in [0.5, 0.6) is 0 Å². The van der Waals surface area contributed by atoms with E-state index in [9.17, 15) is 19.5 Å². The summed E-state index contributed by atoms with van der Waals surface area (Å²) in [5, 5.41) is 9.47. The number of carbonyl (C=O) groups excluding carboxylic acids is 1. The second-order valence-electron chi connectivity index (χ2n) is 8.65. The zero-order chi connectivity index (χ0) is 25.7. The zero-order valence-corrected chi connectivity index (χ0v) is 20.0. The van der Waals surface area contributed by atoms with Crippen LogP contribution in [0.4, 0.5) is 4.39 Å². The maximum absolute atomic E-state index is 15.4. The molecule has 6 nitrogen and oxygen atoms in total. The van der Waals surface area contributed by atoms with Gasteiger partial charge in [0.2, 0.25) is 11.9 Å². The van der Waals surface area contributed by atoms with Crippen LogP contribution in [0.25, 0.3) is 11.1 Å². The van der Waals surface area contributed by atoms with Gasteiger partial charge in [0.15, 0.2) is 0 Å². The number of carboxylic acid groups (broad SMARTS) is 1. The van der Waals surface area contributed by atoms with Gasteiger partial charge in [0, 0.05) is 0 Å². The molecule has 36 heavy (non-hydrogen) atoms. The molecule has 0 radical (unpaired) electrons. The molecule has 0 saturated carbocycles. The molecule has 1 aromatic heterocycles. The molecule has 1 N–H and O–H groups in total. The molecule has 0 amide bonds. The largest absolute Gasteiger partial charge is 0.478 e. The lowest BCUT2D eigenvalue weighted by atomic mass is 9.99. The smallest absolute Gasteiger partial charge is 0.337 e. The molecule has 0 atom stereocenters. The number of unbranched alkanes of at least 4 members (excludes halogenated alkanes) is 1. The summed E-state index contributed by atoms with van der Waals surface area (Å²) in [6.45, 7) is 2.08. The first-order valence-electron chi connectivity index (χ1n) is 11.9. The number of nitrogens with zero attached hydrogens (tertiary/aromatic N) is 2. The zero-order valence-electron chi connectivity index (χ0n) is 20.0. The minimum Gasteiger partial charge on any atom is -0.478 e. The summed E-state index contributed by atoms with van der Waals surface area (Å²) >= 11 is 0. The van der Waals surface area contributed by atoms with Gasteiger partial charge in [-0.3, -0.25) is 9.36 Å². The average Bonchev–Trinajstić information content (AvgIpc) is 3.12. The van der Waals surface area contributed by atoms with E-state index >= 15 is 4.39 Å². The normalized spacial score (nSPS) is 10.9. The van der Waals surface area contributed by atoms with Crippen molar-refractivity contribution in [3.05, 3.63) is 118 Å². The van der Waals surface area contributed by atoms with Gasteiger partial charge in [-0.15, -0.1) is 0 Å². The van der Waals surface area contributed by atoms with Crippen LogP contribution in [-0.2, 0) is 19.4 Å². The monoisotopic (exact) mass is 486 g/mol. The van der Waals surface area contributed by atoms with Crippen LogP contribution < -0.4 is 5.69 Å². The Kier molecular flexibility index (Phi) is 7.59. The Hall–Kier alpha value is -4.26. The van der Waals surface area contributed by atoms with E-state index in [1.165, 1.54) is 4.57 Å². The van der Waals surface area contributed by atoms with E-state index in [0.29, 0.717) is 28.5 Å². The number of aromatic nitrogens is 2. The number of carbonyl (C=O) groups is 2. The third kappa shape index (κ3) is 5.20. The van der Waals surface area contributed by atoms with Gasteiger partial charge in [0.1, 0.15) is 0 Å². The summed E-state index contributed by atoms with van der Waals surface area (Å²) in [5.41, 5.74) is 2.45. The van der Waals surface area contributed by atoms with Crippen molar-refractivity contribution >= 4 is 11.9 Å². The van der Waals surface area contributed by atoms with E-state index in [4.69, 9.17) is 0 Å². The van der Waals surface area contributed by atoms with Crippen LogP contribution in [0.3, 0.4) is 0 Å². The maximum atomic E-state index is 15.4. The molecule has 4 aromatic rings. The minimum atomic E-state index is -1.02. The highest BCUT2D eigenvalue weighted by Crippen LogP contribution is 2.24. The lowest BCUT2D eigenvalue weighted by Gasteiger charge is -2.09. The first-order chi connectivity index (χ1) is 17.4. The number of benzene rings is 3. The number of imidazole rings is 1. The molecule has 0 unspecified atom stereocenters. The van der Waals surface area contributed by atoms with Crippen LogP contribution in [0, 0.1) is 5.95 Å².